The Balaban J connectivity index is 1.42. The first-order chi connectivity index (χ1) is 22.2. The van der Waals surface area contributed by atoms with E-state index in [4.69, 9.17) is 9.47 Å². The van der Waals surface area contributed by atoms with Crippen LogP contribution in [0.5, 0.6) is 0 Å². The molecule has 47 heavy (non-hydrogen) atoms. The maximum Gasteiger partial charge on any atom is 0.408 e. The highest BCUT2D eigenvalue weighted by Gasteiger charge is 2.62. The predicted molar refractivity (Wildman–Crippen MR) is 166 cm³/mol. The molecular weight excluding hydrogens is 632 g/mol. The molecule has 1 aromatic heterocycles. The molecule has 1 aromatic rings. The number of ether oxygens (including phenoxy) is 2. The second-order valence-corrected chi connectivity index (χ2v) is 15.5. The number of carbonyl (C=O) groups is 5. The van der Waals surface area contributed by atoms with Gasteiger partial charge in [0.05, 0.1) is 18.0 Å². The highest BCUT2D eigenvalue weighted by molar-refractivity contribution is 7.91. The fourth-order valence-corrected chi connectivity index (χ4v) is 7.28. The molecule has 0 radical (unpaired) electrons. The Morgan fingerprint density at radius 2 is 1.85 bits per heavy atom. The molecule has 0 spiro atoms. The number of amides is 4. The SMILES string of the molecule is CC(C)(C)OC(=O)NC1CCCCC/C=C\C2CC2(C(=O)NS(=O)(=O)C2CC2)NC(=O)C2CC(OC(=O)c3cnccn3)CN2C1=O. The number of fused-ring (bicyclic) bond motifs is 2. The molecule has 5 unspecified atom stereocenters. The molecular formula is C31H42N6O9S. The van der Waals surface area contributed by atoms with Crippen LogP contribution < -0.4 is 15.4 Å². The monoisotopic (exact) mass is 674 g/mol. The molecule has 2 saturated carbocycles. The van der Waals surface area contributed by atoms with Gasteiger partial charge in [0.1, 0.15) is 29.3 Å². The quantitative estimate of drug-likeness (QED) is 0.291. The van der Waals surface area contributed by atoms with Crippen LogP contribution in [0, 0.1) is 5.92 Å². The Kier molecular flexibility index (Phi) is 9.89. The van der Waals surface area contributed by atoms with Gasteiger partial charge in [-0.3, -0.25) is 24.1 Å². The number of nitrogens with one attached hydrogen (secondary N) is 3. The van der Waals surface area contributed by atoms with Crippen molar-refractivity contribution in [2.75, 3.05) is 6.54 Å². The lowest BCUT2D eigenvalue weighted by Gasteiger charge is -2.30. The largest absolute Gasteiger partial charge is 0.456 e. The Hall–Kier alpha value is -4.08. The van der Waals surface area contributed by atoms with Crippen molar-refractivity contribution in [3.05, 3.63) is 36.4 Å². The van der Waals surface area contributed by atoms with Gasteiger partial charge in [-0.05, 0) is 59.3 Å². The molecule has 5 atom stereocenters. The van der Waals surface area contributed by atoms with Crippen molar-refractivity contribution in [3.8, 4) is 0 Å². The van der Waals surface area contributed by atoms with E-state index in [0.717, 1.165) is 12.8 Å². The summed E-state index contributed by atoms with van der Waals surface area (Å²) in [5.74, 6) is -3.37. The summed E-state index contributed by atoms with van der Waals surface area (Å²) >= 11 is 0. The molecule has 15 nitrogen and oxygen atoms in total. The third kappa shape index (κ3) is 8.45. The number of hydrogen-bond acceptors (Lipinski definition) is 11. The minimum atomic E-state index is -3.90. The molecule has 3 heterocycles. The van der Waals surface area contributed by atoms with Crippen molar-refractivity contribution < 1.29 is 41.9 Å². The average Bonchev–Trinajstić information content (AvgIpc) is 3.92. The van der Waals surface area contributed by atoms with Gasteiger partial charge in [-0.25, -0.2) is 23.0 Å². The standard InChI is InChI=1S/C31H42N6O9S/c1-30(2,3)46-29(42)34-22-10-8-6-4-5-7-9-19-16-31(19,28(41)36-47(43,44)21-11-12-21)35-25(38)24-15-20(18-37(24)26(22)39)45-27(40)23-17-32-13-14-33-23/h7,9,13-14,17,19-22,24H,4-6,8,10-12,15-16,18H2,1-3H3,(H,34,42)(H,35,38)(H,36,41)/b9-7-. The molecule has 16 heteroatoms. The third-order valence-corrected chi connectivity index (χ3v) is 10.4. The van der Waals surface area contributed by atoms with Gasteiger partial charge < -0.3 is 25.0 Å². The van der Waals surface area contributed by atoms with E-state index in [1.165, 1.54) is 23.5 Å². The zero-order valence-electron chi connectivity index (χ0n) is 26.8. The number of carbonyl (C=O) groups excluding carboxylic acids is 5. The molecule has 0 bridgehead atoms. The molecule has 2 aliphatic heterocycles. The maximum absolute atomic E-state index is 14.1. The molecule has 3 N–H and O–H groups in total. The Labute approximate surface area is 273 Å². The fraction of sp³-hybridized carbons (Fsp3) is 0.645. The van der Waals surface area contributed by atoms with Crippen LogP contribution in [0.25, 0.3) is 0 Å². The van der Waals surface area contributed by atoms with Crippen molar-refractivity contribution in [1.82, 2.24) is 30.2 Å². The highest BCUT2D eigenvalue weighted by Crippen LogP contribution is 2.46. The number of nitrogens with zero attached hydrogens (tertiary/aromatic N) is 3. The lowest BCUT2D eigenvalue weighted by Crippen LogP contribution is -2.58. The zero-order chi connectivity index (χ0) is 34.0. The Bertz CT molecular complexity index is 1530. The van der Waals surface area contributed by atoms with E-state index < -0.39 is 80.3 Å². The number of sulfonamides is 1. The van der Waals surface area contributed by atoms with Gasteiger partial charge in [-0.1, -0.05) is 25.0 Å². The fourth-order valence-electron chi connectivity index (χ4n) is 5.91. The Morgan fingerprint density at radius 1 is 1.09 bits per heavy atom. The first-order valence-corrected chi connectivity index (χ1v) is 17.5. The van der Waals surface area contributed by atoms with Crippen LogP contribution in [-0.2, 0) is 33.9 Å². The third-order valence-electron chi connectivity index (χ3n) is 8.58. The van der Waals surface area contributed by atoms with Crippen LogP contribution >= 0.6 is 0 Å². The summed E-state index contributed by atoms with van der Waals surface area (Å²) in [6.45, 7) is 4.92. The molecule has 256 valence electrons. The molecule has 3 fully saturated rings. The van der Waals surface area contributed by atoms with E-state index >= 15 is 0 Å². The lowest BCUT2D eigenvalue weighted by molar-refractivity contribution is -0.141. The van der Waals surface area contributed by atoms with Crippen molar-refractivity contribution >= 4 is 39.8 Å². The second-order valence-electron chi connectivity index (χ2n) is 13.6. The summed E-state index contributed by atoms with van der Waals surface area (Å²) in [4.78, 5) is 76.3. The highest BCUT2D eigenvalue weighted by atomic mass is 32.2. The summed E-state index contributed by atoms with van der Waals surface area (Å²) < 4.78 is 38.5. The van der Waals surface area contributed by atoms with Gasteiger partial charge in [0.2, 0.25) is 21.8 Å². The van der Waals surface area contributed by atoms with E-state index in [2.05, 4.69) is 25.3 Å². The molecule has 1 saturated heterocycles. The summed E-state index contributed by atoms with van der Waals surface area (Å²) in [7, 11) is -3.90. The van der Waals surface area contributed by atoms with E-state index in [0.29, 0.717) is 25.7 Å². The number of aromatic nitrogens is 2. The molecule has 2 aliphatic carbocycles. The molecule has 4 aliphatic rings. The second kappa shape index (κ2) is 13.6. The average molecular weight is 675 g/mol. The summed E-state index contributed by atoms with van der Waals surface area (Å²) in [6, 6.07) is -2.25. The lowest BCUT2D eigenvalue weighted by atomic mass is 10.0. The van der Waals surface area contributed by atoms with E-state index in [9.17, 15) is 32.4 Å². The number of hydrogen-bond donors (Lipinski definition) is 3. The van der Waals surface area contributed by atoms with Crippen LogP contribution in [0.2, 0.25) is 0 Å². The van der Waals surface area contributed by atoms with Gasteiger partial charge in [-0.15, -0.1) is 0 Å². The molecule has 0 aromatic carbocycles. The van der Waals surface area contributed by atoms with Crippen molar-refractivity contribution in [2.45, 2.75) is 113 Å². The maximum atomic E-state index is 14.1. The Morgan fingerprint density at radius 3 is 2.53 bits per heavy atom. The first-order valence-electron chi connectivity index (χ1n) is 16.0. The van der Waals surface area contributed by atoms with Crippen molar-refractivity contribution in [2.24, 2.45) is 5.92 Å². The van der Waals surface area contributed by atoms with Crippen LogP contribution in [0.1, 0.15) is 89.0 Å². The van der Waals surface area contributed by atoms with Gasteiger partial charge in [-0.2, -0.15) is 0 Å². The van der Waals surface area contributed by atoms with Gasteiger partial charge in [0.25, 0.3) is 5.91 Å². The van der Waals surface area contributed by atoms with Gasteiger partial charge in [0, 0.05) is 24.7 Å². The van der Waals surface area contributed by atoms with Crippen LogP contribution in [0.15, 0.2) is 30.7 Å². The van der Waals surface area contributed by atoms with Gasteiger partial charge in [0.15, 0.2) is 5.69 Å². The van der Waals surface area contributed by atoms with Crippen molar-refractivity contribution in [3.63, 3.8) is 0 Å². The first kappa shape index (κ1) is 34.3. The summed E-state index contributed by atoms with van der Waals surface area (Å²) in [5, 5.41) is 4.78. The van der Waals surface area contributed by atoms with Crippen LogP contribution in [0.4, 0.5) is 4.79 Å². The minimum absolute atomic E-state index is 0.0580. The van der Waals surface area contributed by atoms with E-state index in [1.54, 1.807) is 20.8 Å². The van der Waals surface area contributed by atoms with E-state index in [-0.39, 0.29) is 31.5 Å². The summed E-state index contributed by atoms with van der Waals surface area (Å²) in [6.07, 6.45) is 9.97. The van der Waals surface area contributed by atoms with Crippen LogP contribution in [-0.4, -0.2) is 94.2 Å². The topological polar surface area (TPSA) is 203 Å². The summed E-state index contributed by atoms with van der Waals surface area (Å²) in [5.41, 5.74) is -2.41. The number of rotatable bonds is 6. The van der Waals surface area contributed by atoms with E-state index in [1.807, 2.05) is 12.2 Å². The normalized spacial score (nSPS) is 29.1. The zero-order valence-corrected chi connectivity index (χ0v) is 27.6. The molecule has 4 amide bonds. The minimum Gasteiger partial charge on any atom is -0.456 e. The smallest absolute Gasteiger partial charge is 0.408 e. The number of allylic oxidation sites excluding steroid dienone is 1. The number of alkyl carbamates (subject to hydrolysis) is 1. The molecule has 5 rings (SSSR count). The number of esters is 1. The van der Waals surface area contributed by atoms with Crippen molar-refractivity contribution in [1.29, 1.82) is 0 Å². The van der Waals surface area contributed by atoms with Crippen LogP contribution in [0.3, 0.4) is 0 Å². The van der Waals surface area contributed by atoms with Gasteiger partial charge >= 0.3 is 12.1 Å². The predicted octanol–water partition coefficient (Wildman–Crippen LogP) is 1.50.